The number of benzene rings is 1. The van der Waals surface area contributed by atoms with E-state index in [0.717, 1.165) is 9.90 Å². The lowest BCUT2D eigenvalue weighted by Gasteiger charge is -2.07. The highest BCUT2D eigenvalue weighted by Gasteiger charge is 2.09. The zero-order valence-electron chi connectivity index (χ0n) is 8.55. The predicted molar refractivity (Wildman–Crippen MR) is 63.0 cm³/mol. The van der Waals surface area contributed by atoms with Gasteiger partial charge in [0.15, 0.2) is 4.34 Å². The summed E-state index contributed by atoms with van der Waals surface area (Å²) in [5, 5.41) is 7.55. The smallest absolute Gasteiger partial charge is 0.178 e. The maximum Gasteiger partial charge on any atom is 0.178 e. The van der Waals surface area contributed by atoms with E-state index in [-0.39, 0.29) is 11.9 Å². The van der Waals surface area contributed by atoms with Crippen molar-refractivity contribution < 1.29 is 4.39 Å². The van der Waals surface area contributed by atoms with Crippen molar-refractivity contribution >= 4 is 23.1 Å². The third-order valence-electron chi connectivity index (χ3n) is 2.02. The van der Waals surface area contributed by atoms with Crippen LogP contribution in [-0.2, 0) is 0 Å². The van der Waals surface area contributed by atoms with Gasteiger partial charge >= 0.3 is 0 Å². The molecule has 0 radical (unpaired) electrons. The molecule has 2 rings (SSSR count). The van der Waals surface area contributed by atoms with Gasteiger partial charge in [0.2, 0.25) is 0 Å². The summed E-state index contributed by atoms with van der Waals surface area (Å²) in [5.41, 5.74) is 8.09. The molecule has 1 aromatic carbocycles. The zero-order valence-corrected chi connectivity index (χ0v) is 10.2. The number of hydrogen-bond donors (Lipinski definition) is 1. The molecule has 0 spiro atoms. The number of nitrogens with two attached hydrogens (primary N) is 1. The predicted octanol–water partition coefficient (Wildman–Crippen LogP) is 2.85. The van der Waals surface area contributed by atoms with Crippen molar-refractivity contribution in [3.63, 3.8) is 0 Å². The minimum Gasteiger partial charge on any atom is -0.324 e. The summed E-state index contributed by atoms with van der Waals surface area (Å²) in [4.78, 5) is 0.543. The van der Waals surface area contributed by atoms with Gasteiger partial charge in [0, 0.05) is 6.04 Å². The Morgan fingerprint density at radius 3 is 2.88 bits per heavy atom. The van der Waals surface area contributed by atoms with Gasteiger partial charge in [0.05, 0.1) is 4.90 Å². The van der Waals surface area contributed by atoms with Crippen LogP contribution in [0.25, 0.3) is 0 Å². The molecule has 0 aliphatic rings. The summed E-state index contributed by atoms with van der Waals surface area (Å²) in [6.45, 7) is 1.83. The summed E-state index contributed by atoms with van der Waals surface area (Å²) >= 11 is 2.66. The van der Waals surface area contributed by atoms with Crippen LogP contribution in [0.3, 0.4) is 0 Å². The molecule has 0 saturated carbocycles. The molecule has 0 amide bonds. The normalized spacial score (nSPS) is 12.7. The molecule has 1 aromatic heterocycles. The van der Waals surface area contributed by atoms with Gasteiger partial charge in [-0.05, 0) is 24.6 Å². The van der Waals surface area contributed by atoms with E-state index < -0.39 is 0 Å². The van der Waals surface area contributed by atoms with Crippen LogP contribution in [0.1, 0.15) is 18.5 Å². The van der Waals surface area contributed by atoms with Gasteiger partial charge in [-0.25, -0.2) is 4.39 Å². The van der Waals surface area contributed by atoms with Crippen molar-refractivity contribution in [2.45, 2.75) is 22.2 Å². The van der Waals surface area contributed by atoms with Crippen LogP contribution in [0, 0.1) is 5.82 Å². The number of halogens is 1. The first-order chi connectivity index (χ1) is 7.66. The van der Waals surface area contributed by atoms with Crippen molar-refractivity contribution in [2.24, 2.45) is 5.73 Å². The standard InChI is InChI=1S/C10H10FN3S2/c1-6(12)7-2-3-9(8(11)4-7)16-10-14-13-5-15-10/h2-6H,12H2,1H3/t6-/m1/s1. The van der Waals surface area contributed by atoms with Crippen LogP contribution in [0.5, 0.6) is 0 Å². The first-order valence-electron chi connectivity index (χ1n) is 4.66. The van der Waals surface area contributed by atoms with E-state index in [2.05, 4.69) is 10.2 Å². The van der Waals surface area contributed by atoms with E-state index in [1.165, 1.54) is 29.2 Å². The molecule has 0 aliphatic carbocycles. The summed E-state index contributed by atoms with van der Waals surface area (Å²) in [7, 11) is 0. The lowest BCUT2D eigenvalue weighted by molar-refractivity contribution is 0.596. The molecule has 1 heterocycles. The molecule has 0 fully saturated rings. The first kappa shape index (κ1) is 11.5. The average molecular weight is 255 g/mol. The fraction of sp³-hybridized carbons (Fsp3) is 0.200. The van der Waals surface area contributed by atoms with Gasteiger partial charge in [-0.2, -0.15) is 0 Å². The molecule has 2 N–H and O–H groups in total. The van der Waals surface area contributed by atoms with Crippen molar-refractivity contribution in [3.05, 3.63) is 35.1 Å². The molecule has 3 nitrogen and oxygen atoms in total. The van der Waals surface area contributed by atoms with Crippen LogP contribution < -0.4 is 5.73 Å². The van der Waals surface area contributed by atoms with Crippen LogP contribution in [0.4, 0.5) is 4.39 Å². The first-order valence-corrected chi connectivity index (χ1v) is 6.35. The SMILES string of the molecule is C[C@@H](N)c1ccc(Sc2nncs2)c(F)c1. The summed E-state index contributed by atoms with van der Waals surface area (Å²) in [6.07, 6.45) is 0. The summed E-state index contributed by atoms with van der Waals surface area (Å²) in [6, 6.07) is 4.86. The number of rotatable bonds is 3. The molecule has 84 valence electrons. The molecule has 0 aliphatic heterocycles. The van der Waals surface area contributed by atoms with E-state index in [1.54, 1.807) is 11.6 Å². The minimum atomic E-state index is -0.269. The van der Waals surface area contributed by atoms with E-state index in [0.29, 0.717) is 4.90 Å². The third kappa shape index (κ3) is 2.58. The molecular formula is C10H10FN3S2. The van der Waals surface area contributed by atoms with Crippen LogP contribution in [0.2, 0.25) is 0 Å². The molecule has 6 heteroatoms. The summed E-state index contributed by atoms with van der Waals surface area (Å²) < 4.78 is 14.4. The molecule has 0 bridgehead atoms. The van der Waals surface area contributed by atoms with Crippen molar-refractivity contribution in [1.29, 1.82) is 0 Å². The lowest BCUT2D eigenvalue weighted by Crippen LogP contribution is -2.05. The van der Waals surface area contributed by atoms with Gasteiger partial charge in [-0.15, -0.1) is 10.2 Å². The maximum absolute atomic E-state index is 13.7. The Labute approximate surface area is 101 Å². The monoisotopic (exact) mass is 255 g/mol. The molecule has 2 aromatic rings. The van der Waals surface area contributed by atoms with Crippen LogP contribution >= 0.6 is 23.1 Å². The molecule has 0 saturated heterocycles. The van der Waals surface area contributed by atoms with Gasteiger partial charge in [0.1, 0.15) is 11.3 Å². The second-order valence-electron chi connectivity index (χ2n) is 3.29. The Morgan fingerprint density at radius 1 is 1.50 bits per heavy atom. The van der Waals surface area contributed by atoms with Crippen molar-refractivity contribution in [2.75, 3.05) is 0 Å². The highest BCUT2D eigenvalue weighted by molar-refractivity contribution is 8.01. The van der Waals surface area contributed by atoms with E-state index in [9.17, 15) is 4.39 Å². The third-order valence-corrected chi connectivity index (χ3v) is 3.85. The van der Waals surface area contributed by atoms with Gasteiger partial charge in [-0.3, -0.25) is 0 Å². The van der Waals surface area contributed by atoms with Gasteiger partial charge < -0.3 is 5.73 Å². The Balaban J connectivity index is 2.23. The topological polar surface area (TPSA) is 51.8 Å². The largest absolute Gasteiger partial charge is 0.324 e. The Kier molecular flexibility index (Phi) is 3.52. The maximum atomic E-state index is 13.7. The van der Waals surface area contributed by atoms with Crippen molar-refractivity contribution in [1.82, 2.24) is 10.2 Å². The van der Waals surface area contributed by atoms with E-state index >= 15 is 0 Å². The fourth-order valence-electron chi connectivity index (χ4n) is 1.18. The number of hydrogen-bond acceptors (Lipinski definition) is 5. The highest BCUT2D eigenvalue weighted by Crippen LogP contribution is 2.31. The van der Waals surface area contributed by atoms with Crippen LogP contribution in [0.15, 0.2) is 32.9 Å². The summed E-state index contributed by atoms with van der Waals surface area (Å²) in [5.74, 6) is -0.269. The number of aromatic nitrogens is 2. The quantitative estimate of drug-likeness (QED) is 0.916. The Bertz CT molecular complexity index is 471. The van der Waals surface area contributed by atoms with E-state index in [1.807, 2.05) is 13.0 Å². The van der Waals surface area contributed by atoms with Gasteiger partial charge in [0.25, 0.3) is 0 Å². The molecule has 0 unspecified atom stereocenters. The Hall–Kier alpha value is -0.980. The minimum absolute atomic E-state index is 0.157. The number of nitrogens with zero attached hydrogens (tertiary/aromatic N) is 2. The fourth-order valence-corrected chi connectivity index (χ4v) is 2.62. The Morgan fingerprint density at radius 2 is 2.31 bits per heavy atom. The highest BCUT2D eigenvalue weighted by atomic mass is 32.2. The molecule has 16 heavy (non-hydrogen) atoms. The zero-order chi connectivity index (χ0) is 11.5. The lowest BCUT2D eigenvalue weighted by atomic mass is 10.1. The molecule has 1 atom stereocenters. The van der Waals surface area contributed by atoms with Crippen molar-refractivity contribution in [3.8, 4) is 0 Å². The van der Waals surface area contributed by atoms with E-state index in [4.69, 9.17) is 5.73 Å². The average Bonchev–Trinajstić information content (AvgIpc) is 2.73. The van der Waals surface area contributed by atoms with Crippen LogP contribution in [-0.4, -0.2) is 10.2 Å². The second-order valence-corrected chi connectivity index (χ2v) is 5.41. The molecular weight excluding hydrogens is 245 g/mol. The van der Waals surface area contributed by atoms with Gasteiger partial charge in [-0.1, -0.05) is 29.2 Å². The second kappa shape index (κ2) is 4.90.